The van der Waals surface area contributed by atoms with Gasteiger partial charge in [-0.25, -0.2) is 4.57 Å². The first kappa shape index (κ1) is 16.0. The molecular weight excluding hydrogens is 147 g/mol. The van der Waals surface area contributed by atoms with Crippen molar-refractivity contribution in [2.45, 2.75) is 0 Å². The number of hydrogen-bond acceptors (Lipinski definition) is 3. The SMILES string of the molecule is CN.CN.O=P(O)(O)O. The monoisotopic (exact) mass is 160 g/mol. The van der Waals surface area contributed by atoms with Gasteiger partial charge in [-0.05, 0) is 14.1 Å². The molecule has 0 aromatic rings. The Morgan fingerprint density at radius 1 is 1.00 bits per heavy atom. The fourth-order valence-corrected chi connectivity index (χ4v) is 0. The van der Waals surface area contributed by atoms with E-state index in [0.29, 0.717) is 0 Å². The molecule has 0 bridgehead atoms. The Kier molecular flexibility index (Phi) is 19.4. The first-order chi connectivity index (χ1) is 4.00. The first-order valence-electron chi connectivity index (χ1n) is 1.94. The van der Waals surface area contributed by atoms with Crippen molar-refractivity contribution in [3.05, 3.63) is 0 Å². The van der Waals surface area contributed by atoms with E-state index in [1.165, 1.54) is 14.1 Å². The van der Waals surface area contributed by atoms with Gasteiger partial charge in [-0.1, -0.05) is 0 Å². The summed E-state index contributed by atoms with van der Waals surface area (Å²) in [5.41, 5.74) is 9.00. The molecule has 0 atom stereocenters. The minimum Gasteiger partial charge on any atom is -0.333 e. The van der Waals surface area contributed by atoms with Crippen LogP contribution in [-0.2, 0) is 4.57 Å². The van der Waals surface area contributed by atoms with Crippen LogP contribution in [0.3, 0.4) is 0 Å². The van der Waals surface area contributed by atoms with Crippen LogP contribution in [0, 0.1) is 0 Å². The van der Waals surface area contributed by atoms with Gasteiger partial charge in [-0.2, -0.15) is 0 Å². The summed E-state index contributed by atoms with van der Waals surface area (Å²) in [6, 6.07) is 0. The van der Waals surface area contributed by atoms with Crippen LogP contribution >= 0.6 is 7.82 Å². The minimum absolute atomic E-state index is 1.50. The van der Waals surface area contributed by atoms with Gasteiger partial charge >= 0.3 is 7.82 Å². The molecule has 0 aromatic carbocycles. The van der Waals surface area contributed by atoms with Gasteiger partial charge in [0.25, 0.3) is 0 Å². The van der Waals surface area contributed by atoms with E-state index in [9.17, 15) is 0 Å². The molecule has 0 heterocycles. The maximum atomic E-state index is 8.88. The maximum Gasteiger partial charge on any atom is 0.466 e. The third kappa shape index (κ3) is 324000. The van der Waals surface area contributed by atoms with E-state index in [0.717, 1.165) is 0 Å². The molecule has 0 saturated carbocycles. The summed E-state index contributed by atoms with van der Waals surface area (Å²) < 4.78 is 8.88. The number of hydrogen-bond donors (Lipinski definition) is 5. The van der Waals surface area contributed by atoms with E-state index < -0.39 is 7.82 Å². The van der Waals surface area contributed by atoms with Crippen LogP contribution in [0.1, 0.15) is 0 Å². The van der Waals surface area contributed by atoms with Crippen LogP contribution in [-0.4, -0.2) is 28.8 Å². The van der Waals surface area contributed by atoms with Crippen LogP contribution in [0.25, 0.3) is 0 Å². The zero-order chi connectivity index (χ0) is 8.50. The summed E-state index contributed by atoms with van der Waals surface area (Å²) in [6.45, 7) is 0. The van der Waals surface area contributed by atoms with Crippen molar-refractivity contribution in [2.24, 2.45) is 11.5 Å². The predicted octanol–water partition coefficient (Wildman–Crippen LogP) is -1.78. The van der Waals surface area contributed by atoms with Crippen molar-refractivity contribution in [3.63, 3.8) is 0 Å². The molecule has 0 aromatic heterocycles. The lowest BCUT2D eigenvalue weighted by molar-refractivity contribution is 0.275. The van der Waals surface area contributed by atoms with Crippen LogP contribution in [0.2, 0.25) is 0 Å². The van der Waals surface area contributed by atoms with E-state index in [4.69, 9.17) is 19.2 Å². The molecule has 0 aliphatic carbocycles. The second-order valence-corrected chi connectivity index (χ2v) is 1.54. The molecule has 6 nitrogen and oxygen atoms in total. The Labute approximate surface area is 53.7 Å². The molecule has 0 radical (unpaired) electrons. The summed E-state index contributed by atoms with van der Waals surface area (Å²) in [7, 11) is -1.64. The van der Waals surface area contributed by atoms with Gasteiger partial charge in [0.05, 0.1) is 0 Å². The van der Waals surface area contributed by atoms with Crippen molar-refractivity contribution in [1.29, 1.82) is 0 Å². The lowest BCUT2D eigenvalue weighted by Gasteiger charge is -1.82. The Bertz CT molecular complexity index is 62.7. The Balaban J connectivity index is -0.0000000771. The average molecular weight is 160 g/mol. The highest BCUT2D eigenvalue weighted by Gasteiger charge is 2.00. The van der Waals surface area contributed by atoms with E-state index >= 15 is 0 Å². The van der Waals surface area contributed by atoms with Gasteiger partial charge in [-0.15, -0.1) is 0 Å². The Morgan fingerprint density at radius 3 is 1.00 bits per heavy atom. The predicted molar refractivity (Wildman–Crippen MR) is 34.5 cm³/mol. The van der Waals surface area contributed by atoms with E-state index in [1.54, 1.807) is 0 Å². The van der Waals surface area contributed by atoms with Gasteiger partial charge < -0.3 is 26.1 Å². The standard InChI is InChI=1S/2CH5N.H3O4P/c2*1-2;1-5(2,3)4/h2*2H2,1H3;(H3,1,2,3,4). The van der Waals surface area contributed by atoms with Gasteiger partial charge in [-0.3, -0.25) is 0 Å². The summed E-state index contributed by atoms with van der Waals surface area (Å²) in [5, 5.41) is 0. The summed E-state index contributed by atoms with van der Waals surface area (Å²) >= 11 is 0. The molecule has 60 valence electrons. The molecular formula is C2H13N2O4P. The lowest BCUT2D eigenvalue weighted by atomic mass is 11.6. The van der Waals surface area contributed by atoms with E-state index in [1.807, 2.05) is 0 Å². The van der Waals surface area contributed by atoms with Crippen molar-refractivity contribution in [3.8, 4) is 0 Å². The second-order valence-electron chi connectivity index (χ2n) is 0.513. The van der Waals surface area contributed by atoms with Gasteiger partial charge in [0.15, 0.2) is 0 Å². The van der Waals surface area contributed by atoms with E-state index in [-0.39, 0.29) is 0 Å². The normalized spacial score (nSPS) is 7.89. The highest BCUT2D eigenvalue weighted by Crippen LogP contribution is 2.25. The molecule has 7 N–H and O–H groups in total. The largest absolute Gasteiger partial charge is 0.466 e. The van der Waals surface area contributed by atoms with Crippen molar-refractivity contribution in [2.75, 3.05) is 14.1 Å². The van der Waals surface area contributed by atoms with Gasteiger partial charge in [0, 0.05) is 0 Å². The first-order valence-corrected chi connectivity index (χ1v) is 3.50. The molecule has 0 aliphatic rings. The highest BCUT2D eigenvalue weighted by atomic mass is 31.2. The summed E-state index contributed by atoms with van der Waals surface area (Å²) in [5.74, 6) is 0. The van der Waals surface area contributed by atoms with Crippen LogP contribution in [0.5, 0.6) is 0 Å². The molecule has 7 heteroatoms. The van der Waals surface area contributed by atoms with Crippen LogP contribution < -0.4 is 11.5 Å². The number of nitrogens with two attached hydrogens (primary N) is 2. The number of phosphoric acid groups is 1. The third-order valence-electron chi connectivity index (χ3n) is 0. The van der Waals surface area contributed by atoms with Crippen LogP contribution in [0.4, 0.5) is 0 Å². The topological polar surface area (TPSA) is 130 Å². The molecule has 9 heavy (non-hydrogen) atoms. The molecule has 0 spiro atoms. The average Bonchev–Trinajstić information content (AvgIpc) is 1.72. The third-order valence-corrected chi connectivity index (χ3v) is 0. The van der Waals surface area contributed by atoms with Crippen molar-refractivity contribution < 1.29 is 19.2 Å². The smallest absolute Gasteiger partial charge is 0.333 e. The molecule has 0 amide bonds. The Morgan fingerprint density at radius 2 is 1.00 bits per heavy atom. The van der Waals surface area contributed by atoms with Crippen molar-refractivity contribution >= 4 is 7.82 Å². The van der Waals surface area contributed by atoms with Gasteiger partial charge in [0.2, 0.25) is 0 Å². The maximum absolute atomic E-state index is 8.88. The highest BCUT2D eigenvalue weighted by molar-refractivity contribution is 7.45. The zero-order valence-corrected chi connectivity index (χ0v) is 6.25. The Hall–Kier alpha value is 0.0300. The quantitative estimate of drug-likeness (QED) is 0.266. The molecule has 0 fully saturated rings. The zero-order valence-electron chi connectivity index (χ0n) is 5.35. The fraction of sp³-hybridized carbons (Fsp3) is 1.00. The molecule has 0 rings (SSSR count). The molecule has 0 aliphatic heterocycles. The van der Waals surface area contributed by atoms with E-state index in [2.05, 4.69) is 11.5 Å². The molecule has 0 unspecified atom stereocenters. The second kappa shape index (κ2) is 10.9. The lowest BCUT2D eigenvalue weighted by Crippen LogP contribution is -1.69. The number of rotatable bonds is 0. The summed E-state index contributed by atoms with van der Waals surface area (Å²) in [6.07, 6.45) is 0. The minimum atomic E-state index is -4.64. The van der Waals surface area contributed by atoms with Gasteiger partial charge in [0.1, 0.15) is 0 Å². The summed E-state index contributed by atoms with van der Waals surface area (Å²) in [4.78, 5) is 21.6. The van der Waals surface area contributed by atoms with Crippen molar-refractivity contribution in [1.82, 2.24) is 0 Å². The fourth-order valence-electron chi connectivity index (χ4n) is 0. The molecule has 0 saturated heterocycles. The van der Waals surface area contributed by atoms with Crippen LogP contribution in [0.15, 0.2) is 0 Å².